The molecule has 1 aliphatic rings. The van der Waals surface area contributed by atoms with Crippen LogP contribution in [0.5, 0.6) is 0 Å². The molecule has 1 aromatic rings. The van der Waals surface area contributed by atoms with Gasteiger partial charge in [0.1, 0.15) is 0 Å². The number of halogens is 1. The maximum Gasteiger partial charge on any atom is 0.254 e. The van der Waals surface area contributed by atoms with Crippen LogP contribution in [0.4, 0.5) is 5.69 Å². The van der Waals surface area contributed by atoms with Gasteiger partial charge in [0, 0.05) is 23.8 Å². The SMILES string of the molecule is CC(C)CCN(C(=O)c1ccc(N)cc1)C1CC1.Cl. The van der Waals surface area contributed by atoms with Crippen LogP contribution in [0.25, 0.3) is 0 Å². The van der Waals surface area contributed by atoms with E-state index in [0.717, 1.165) is 31.4 Å². The highest BCUT2D eigenvalue weighted by atomic mass is 35.5. The molecule has 0 heterocycles. The van der Waals surface area contributed by atoms with Crippen LogP contribution < -0.4 is 5.73 Å². The third-order valence-electron chi connectivity index (χ3n) is 3.35. The van der Waals surface area contributed by atoms with Crippen molar-refractivity contribution in [2.75, 3.05) is 12.3 Å². The zero-order valence-corrected chi connectivity index (χ0v) is 12.5. The molecule has 0 aromatic heterocycles. The molecule has 0 unspecified atom stereocenters. The lowest BCUT2D eigenvalue weighted by atomic mass is 10.1. The van der Waals surface area contributed by atoms with Crippen LogP contribution in [0.15, 0.2) is 24.3 Å². The summed E-state index contributed by atoms with van der Waals surface area (Å²) in [6.45, 7) is 5.25. The Hall–Kier alpha value is -1.22. The number of nitrogens with zero attached hydrogens (tertiary/aromatic N) is 1. The molecule has 0 spiro atoms. The third kappa shape index (κ3) is 4.43. The topological polar surface area (TPSA) is 46.3 Å². The van der Waals surface area contributed by atoms with Gasteiger partial charge in [-0.25, -0.2) is 0 Å². The quantitative estimate of drug-likeness (QED) is 0.842. The van der Waals surface area contributed by atoms with Crippen molar-refractivity contribution in [2.45, 2.75) is 39.2 Å². The molecule has 3 nitrogen and oxygen atoms in total. The average molecular weight is 283 g/mol. The number of hydrogen-bond donors (Lipinski definition) is 1. The van der Waals surface area contributed by atoms with Gasteiger partial charge >= 0.3 is 0 Å². The summed E-state index contributed by atoms with van der Waals surface area (Å²) in [5, 5.41) is 0. The van der Waals surface area contributed by atoms with Gasteiger partial charge in [-0.05, 0) is 49.4 Å². The monoisotopic (exact) mass is 282 g/mol. The van der Waals surface area contributed by atoms with E-state index in [2.05, 4.69) is 13.8 Å². The van der Waals surface area contributed by atoms with Gasteiger partial charge < -0.3 is 10.6 Å². The molecule has 2 rings (SSSR count). The first kappa shape index (κ1) is 15.8. The number of carbonyl (C=O) groups excluding carboxylic acids is 1. The van der Waals surface area contributed by atoms with Crippen molar-refractivity contribution in [3.63, 3.8) is 0 Å². The summed E-state index contributed by atoms with van der Waals surface area (Å²) < 4.78 is 0. The van der Waals surface area contributed by atoms with Gasteiger partial charge in [0.2, 0.25) is 0 Å². The molecule has 1 saturated carbocycles. The fraction of sp³-hybridized carbons (Fsp3) is 0.533. The van der Waals surface area contributed by atoms with Gasteiger partial charge in [-0.3, -0.25) is 4.79 Å². The minimum Gasteiger partial charge on any atom is -0.399 e. The average Bonchev–Trinajstić information content (AvgIpc) is 3.14. The Morgan fingerprint density at radius 2 is 1.89 bits per heavy atom. The van der Waals surface area contributed by atoms with E-state index in [1.807, 2.05) is 17.0 Å². The normalized spacial score (nSPS) is 14.1. The van der Waals surface area contributed by atoms with Crippen LogP contribution in [-0.4, -0.2) is 23.4 Å². The Labute approximate surface area is 121 Å². The van der Waals surface area contributed by atoms with Crippen molar-refractivity contribution in [1.29, 1.82) is 0 Å². The van der Waals surface area contributed by atoms with Gasteiger partial charge in [0.05, 0.1) is 0 Å². The van der Waals surface area contributed by atoms with E-state index in [9.17, 15) is 4.79 Å². The Bertz CT molecular complexity index is 413. The summed E-state index contributed by atoms with van der Waals surface area (Å²) in [6.07, 6.45) is 3.37. The summed E-state index contributed by atoms with van der Waals surface area (Å²) in [5.74, 6) is 0.781. The third-order valence-corrected chi connectivity index (χ3v) is 3.35. The van der Waals surface area contributed by atoms with Crippen molar-refractivity contribution >= 4 is 24.0 Å². The number of nitrogen functional groups attached to an aromatic ring is 1. The predicted octanol–water partition coefficient (Wildman–Crippen LogP) is 3.34. The van der Waals surface area contributed by atoms with Gasteiger partial charge in [-0.15, -0.1) is 12.4 Å². The second kappa shape index (κ2) is 6.80. The van der Waals surface area contributed by atoms with Crippen LogP contribution >= 0.6 is 12.4 Å². The summed E-state index contributed by atoms with van der Waals surface area (Å²) in [5.41, 5.74) is 7.10. The van der Waals surface area contributed by atoms with Crippen molar-refractivity contribution in [1.82, 2.24) is 4.90 Å². The minimum atomic E-state index is 0. The van der Waals surface area contributed by atoms with E-state index in [4.69, 9.17) is 5.73 Å². The second-order valence-electron chi connectivity index (χ2n) is 5.53. The van der Waals surface area contributed by atoms with Crippen LogP contribution in [-0.2, 0) is 0 Å². The number of rotatable bonds is 5. The Balaban J connectivity index is 0.00000180. The summed E-state index contributed by atoms with van der Waals surface area (Å²) in [4.78, 5) is 14.5. The number of carbonyl (C=O) groups is 1. The van der Waals surface area contributed by atoms with Gasteiger partial charge in [0.15, 0.2) is 0 Å². The Morgan fingerprint density at radius 3 is 2.37 bits per heavy atom. The van der Waals surface area contributed by atoms with Crippen LogP contribution in [0, 0.1) is 5.92 Å². The fourth-order valence-corrected chi connectivity index (χ4v) is 2.02. The molecule has 0 aliphatic heterocycles. The van der Waals surface area contributed by atoms with E-state index < -0.39 is 0 Å². The van der Waals surface area contributed by atoms with Crippen molar-refractivity contribution in [3.05, 3.63) is 29.8 Å². The molecule has 0 saturated heterocycles. The highest BCUT2D eigenvalue weighted by Crippen LogP contribution is 2.29. The number of hydrogen-bond acceptors (Lipinski definition) is 2. The highest BCUT2D eigenvalue weighted by Gasteiger charge is 2.32. The maximum absolute atomic E-state index is 12.4. The summed E-state index contributed by atoms with van der Waals surface area (Å²) in [6, 6.07) is 7.70. The molecule has 0 atom stereocenters. The van der Waals surface area contributed by atoms with Gasteiger partial charge in [-0.2, -0.15) is 0 Å². The number of amides is 1. The molecular weight excluding hydrogens is 260 g/mol. The first-order valence-corrected chi connectivity index (χ1v) is 6.74. The largest absolute Gasteiger partial charge is 0.399 e. The lowest BCUT2D eigenvalue weighted by Crippen LogP contribution is -2.34. The van der Waals surface area contributed by atoms with E-state index in [1.54, 1.807) is 12.1 Å². The first-order chi connectivity index (χ1) is 8.58. The molecule has 106 valence electrons. The Kier molecular flexibility index (Phi) is 5.67. The molecule has 2 N–H and O–H groups in total. The second-order valence-corrected chi connectivity index (χ2v) is 5.53. The van der Waals surface area contributed by atoms with E-state index in [-0.39, 0.29) is 18.3 Å². The smallest absolute Gasteiger partial charge is 0.254 e. The molecule has 0 radical (unpaired) electrons. The summed E-state index contributed by atoms with van der Waals surface area (Å²) in [7, 11) is 0. The molecule has 1 aromatic carbocycles. The molecule has 19 heavy (non-hydrogen) atoms. The molecule has 1 fully saturated rings. The van der Waals surface area contributed by atoms with Crippen LogP contribution in [0.2, 0.25) is 0 Å². The van der Waals surface area contributed by atoms with Gasteiger partial charge in [-0.1, -0.05) is 13.8 Å². The molecular formula is C15H23ClN2O. The number of nitrogens with two attached hydrogens (primary N) is 1. The number of anilines is 1. The van der Waals surface area contributed by atoms with Crippen LogP contribution in [0.1, 0.15) is 43.5 Å². The predicted molar refractivity (Wildman–Crippen MR) is 81.6 cm³/mol. The molecule has 1 amide bonds. The Morgan fingerprint density at radius 1 is 1.32 bits per heavy atom. The van der Waals surface area contributed by atoms with E-state index in [1.165, 1.54) is 0 Å². The minimum absolute atomic E-state index is 0. The summed E-state index contributed by atoms with van der Waals surface area (Å²) >= 11 is 0. The molecule has 1 aliphatic carbocycles. The zero-order valence-electron chi connectivity index (χ0n) is 11.6. The van der Waals surface area contributed by atoms with Gasteiger partial charge in [0.25, 0.3) is 5.91 Å². The van der Waals surface area contributed by atoms with E-state index >= 15 is 0 Å². The fourth-order valence-electron chi connectivity index (χ4n) is 2.02. The standard InChI is InChI=1S/C15H22N2O.ClH/c1-11(2)9-10-17(14-7-8-14)15(18)12-3-5-13(16)6-4-12;/h3-6,11,14H,7-10,16H2,1-2H3;1H. The lowest BCUT2D eigenvalue weighted by molar-refractivity contribution is 0.0735. The van der Waals surface area contributed by atoms with Crippen molar-refractivity contribution in [3.8, 4) is 0 Å². The van der Waals surface area contributed by atoms with Crippen LogP contribution in [0.3, 0.4) is 0 Å². The maximum atomic E-state index is 12.4. The van der Waals surface area contributed by atoms with E-state index in [0.29, 0.717) is 17.6 Å². The van der Waals surface area contributed by atoms with Crippen molar-refractivity contribution < 1.29 is 4.79 Å². The molecule has 4 heteroatoms. The van der Waals surface area contributed by atoms with Crippen molar-refractivity contribution in [2.24, 2.45) is 5.92 Å². The highest BCUT2D eigenvalue weighted by molar-refractivity contribution is 5.94. The first-order valence-electron chi connectivity index (χ1n) is 6.74. The molecule has 0 bridgehead atoms. The zero-order chi connectivity index (χ0) is 13.1. The lowest BCUT2D eigenvalue weighted by Gasteiger charge is -2.23. The number of benzene rings is 1.